The van der Waals surface area contributed by atoms with Crippen molar-refractivity contribution in [3.63, 3.8) is 0 Å². The molecule has 0 aliphatic heterocycles. The predicted octanol–water partition coefficient (Wildman–Crippen LogP) is 2.09. The fourth-order valence-corrected chi connectivity index (χ4v) is 2.16. The van der Waals surface area contributed by atoms with E-state index in [-0.39, 0.29) is 12.5 Å². The van der Waals surface area contributed by atoms with Crippen LogP contribution in [0.2, 0.25) is 0 Å². The van der Waals surface area contributed by atoms with E-state index < -0.39 is 5.97 Å². The molecular weight excluding hydrogens is 336 g/mol. The Morgan fingerprint density at radius 3 is 2.42 bits per heavy atom. The Bertz CT molecular complexity index is 731. The van der Waals surface area contributed by atoms with Crippen LogP contribution >= 0.6 is 0 Å². The molecule has 138 valence electrons. The molecule has 0 saturated carbocycles. The zero-order valence-electron chi connectivity index (χ0n) is 14.8. The van der Waals surface area contributed by atoms with Gasteiger partial charge >= 0.3 is 5.97 Å². The van der Waals surface area contributed by atoms with Gasteiger partial charge in [0, 0.05) is 12.2 Å². The third kappa shape index (κ3) is 6.10. The molecule has 0 aromatic heterocycles. The summed E-state index contributed by atoms with van der Waals surface area (Å²) in [5, 5.41) is 5.71. The standard InChI is InChI=1S/C19H22N2O5/c1-24-16-6-8-17(9-7-16)26-11-10-20-13-18(22)21-15-5-3-4-14(12-15)19(23)25-2/h3-9,12,20H,10-11,13H2,1-2H3,(H,21,22). The Morgan fingerprint density at radius 1 is 1.00 bits per heavy atom. The number of esters is 1. The van der Waals surface area contributed by atoms with Crippen molar-refractivity contribution in [2.75, 3.05) is 39.2 Å². The smallest absolute Gasteiger partial charge is 0.337 e. The van der Waals surface area contributed by atoms with Crippen LogP contribution in [0.5, 0.6) is 11.5 Å². The summed E-state index contributed by atoms with van der Waals surface area (Å²) in [6.07, 6.45) is 0. The lowest BCUT2D eigenvalue weighted by Crippen LogP contribution is -2.31. The molecule has 0 atom stereocenters. The second-order valence-corrected chi connectivity index (χ2v) is 5.32. The lowest BCUT2D eigenvalue weighted by molar-refractivity contribution is -0.115. The van der Waals surface area contributed by atoms with E-state index in [1.807, 2.05) is 24.3 Å². The Hall–Kier alpha value is -3.06. The summed E-state index contributed by atoms with van der Waals surface area (Å²) in [6, 6.07) is 13.8. The van der Waals surface area contributed by atoms with E-state index in [1.165, 1.54) is 7.11 Å². The van der Waals surface area contributed by atoms with Gasteiger partial charge in [0.1, 0.15) is 18.1 Å². The Morgan fingerprint density at radius 2 is 1.73 bits per heavy atom. The number of carbonyl (C=O) groups excluding carboxylic acids is 2. The van der Waals surface area contributed by atoms with Crippen molar-refractivity contribution in [3.05, 3.63) is 54.1 Å². The summed E-state index contributed by atoms with van der Waals surface area (Å²) in [7, 11) is 2.92. The molecule has 0 aliphatic carbocycles. The van der Waals surface area contributed by atoms with Crippen LogP contribution in [-0.4, -0.2) is 45.8 Å². The first-order valence-corrected chi connectivity index (χ1v) is 8.08. The number of benzene rings is 2. The maximum Gasteiger partial charge on any atom is 0.337 e. The van der Waals surface area contributed by atoms with Gasteiger partial charge in [-0.1, -0.05) is 6.07 Å². The fourth-order valence-electron chi connectivity index (χ4n) is 2.16. The summed E-state index contributed by atoms with van der Waals surface area (Å²) >= 11 is 0. The van der Waals surface area contributed by atoms with E-state index in [9.17, 15) is 9.59 Å². The van der Waals surface area contributed by atoms with E-state index >= 15 is 0 Å². The molecule has 0 unspecified atom stereocenters. The molecule has 0 aliphatic rings. The second kappa shape index (κ2) is 10.0. The van der Waals surface area contributed by atoms with Gasteiger partial charge in [-0.25, -0.2) is 4.79 Å². The van der Waals surface area contributed by atoms with Gasteiger partial charge in [-0.05, 0) is 42.5 Å². The third-order valence-electron chi connectivity index (χ3n) is 3.46. The van der Waals surface area contributed by atoms with Gasteiger partial charge in [0.25, 0.3) is 0 Å². The van der Waals surface area contributed by atoms with Crippen LogP contribution in [0.3, 0.4) is 0 Å². The monoisotopic (exact) mass is 358 g/mol. The van der Waals surface area contributed by atoms with Gasteiger partial charge in [-0.15, -0.1) is 0 Å². The lowest BCUT2D eigenvalue weighted by Gasteiger charge is -2.09. The molecule has 2 aromatic rings. The molecule has 2 N–H and O–H groups in total. The summed E-state index contributed by atoms with van der Waals surface area (Å²) in [4.78, 5) is 23.4. The molecule has 2 rings (SSSR count). The largest absolute Gasteiger partial charge is 0.497 e. The number of carbonyl (C=O) groups is 2. The van der Waals surface area contributed by atoms with Gasteiger partial charge in [0.15, 0.2) is 0 Å². The van der Waals surface area contributed by atoms with Crippen molar-refractivity contribution >= 4 is 17.6 Å². The van der Waals surface area contributed by atoms with E-state index in [0.717, 1.165) is 11.5 Å². The predicted molar refractivity (Wildman–Crippen MR) is 97.8 cm³/mol. The number of amides is 1. The van der Waals surface area contributed by atoms with Gasteiger partial charge < -0.3 is 24.8 Å². The molecule has 2 aromatic carbocycles. The number of hydrogen-bond acceptors (Lipinski definition) is 6. The molecule has 1 amide bonds. The van der Waals surface area contributed by atoms with Crippen LogP contribution in [0.4, 0.5) is 5.69 Å². The minimum absolute atomic E-state index is 0.133. The van der Waals surface area contributed by atoms with Crippen molar-refractivity contribution in [2.45, 2.75) is 0 Å². The van der Waals surface area contributed by atoms with Gasteiger partial charge in [-0.2, -0.15) is 0 Å². The maximum absolute atomic E-state index is 11.9. The Balaban J connectivity index is 1.68. The molecule has 7 nitrogen and oxygen atoms in total. The number of nitrogens with one attached hydrogen (secondary N) is 2. The molecule has 0 saturated heterocycles. The first-order chi connectivity index (χ1) is 12.6. The van der Waals surface area contributed by atoms with Crippen molar-refractivity contribution in [2.24, 2.45) is 0 Å². The van der Waals surface area contributed by atoms with Gasteiger partial charge in [0.05, 0.1) is 26.3 Å². The average molecular weight is 358 g/mol. The summed E-state index contributed by atoms with van der Waals surface area (Å²) in [5.74, 6) is 0.839. The van der Waals surface area contributed by atoms with E-state index in [4.69, 9.17) is 9.47 Å². The molecule has 0 fully saturated rings. The fraction of sp³-hybridized carbons (Fsp3) is 0.263. The zero-order valence-corrected chi connectivity index (χ0v) is 14.8. The highest BCUT2D eigenvalue weighted by Crippen LogP contribution is 2.16. The van der Waals surface area contributed by atoms with E-state index in [0.29, 0.717) is 24.4 Å². The van der Waals surface area contributed by atoms with Crippen LogP contribution in [0, 0.1) is 0 Å². The van der Waals surface area contributed by atoms with Crippen molar-refractivity contribution < 1.29 is 23.8 Å². The highest BCUT2D eigenvalue weighted by Gasteiger charge is 2.07. The minimum Gasteiger partial charge on any atom is -0.497 e. The quantitative estimate of drug-likeness (QED) is 0.527. The molecule has 7 heteroatoms. The lowest BCUT2D eigenvalue weighted by atomic mass is 10.2. The Kier molecular flexibility index (Phi) is 7.45. The Labute approximate surface area is 152 Å². The van der Waals surface area contributed by atoms with E-state index in [2.05, 4.69) is 15.4 Å². The summed E-state index contributed by atoms with van der Waals surface area (Å²) in [6.45, 7) is 1.08. The van der Waals surface area contributed by atoms with Gasteiger partial charge in [-0.3, -0.25) is 4.79 Å². The molecule has 0 bridgehead atoms. The molecule has 0 spiro atoms. The molecule has 26 heavy (non-hydrogen) atoms. The normalized spacial score (nSPS) is 10.1. The third-order valence-corrected chi connectivity index (χ3v) is 3.46. The average Bonchev–Trinajstić information content (AvgIpc) is 2.67. The number of methoxy groups -OCH3 is 2. The van der Waals surface area contributed by atoms with Crippen LogP contribution in [-0.2, 0) is 9.53 Å². The highest BCUT2D eigenvalue weighted by atomic mass is 16.5. The summed E-state index contributed by atoms with van der Waals surface area (Å²) < 4.78 is 15.3. The number of hydrogen-bond donors (Lipinski definition) is 2. The molecular formula is C19H22N2O5. The molecule has 0 heterocycles. The van der Waals surface area contributed by atoms with Crippen molar-refractivity contribution in [1.29, 1.82) is 0 Å². The summed E-state index contributed by atoms with van der Waals surface area (Å²) in [5.41, 5.74) is 0.917. The van der Waals surface area contributed by atoms with Crippen LogP contribution in [0.1, 0.15) is 10.4 Å². The maximum atomic E-state index is 11.9. The van der Waals surface area contributed by atoms with Crippen molar-refractivity contribution in [3.8, 4) is 11.5 Å². The molecule has 0 radical (unpaired) electrons. The number of rotatable bonds is 9. The van der Waals surface area contributed by atoms with E-state index in [1.54, 1.807) is 31.4 Å². The first-order valence-electron chi connectivity index (χ1n) is 8.08. The minimum atomic E-state index is -0.449. The van der Waals surface area contributed by atoms with Crippen molar-refractivity contribution in [1.82, 2.24) is 5.32 Å². The zero-order chi connectivity index (χ0) is 18.8. The number of anilines is 1. The SMILES string of the molecule is COC(=O)c1cccc(NC(=O)CNCCOc2ccc(OC)cc2)c1. The highest BCUT2D eigenvalue weighted by molar-refractivity contribution is 5.95. The topological polar surface area (TPSA) is 85.9 Å². The van der Waals surface area contributed by atoms with Crippen LogP contribution < -0.4 is 20.1 Å². The second-order valence-electron chi connectivity index (χ2n) is 5.32. The van der Waals surface area contributed by atoms with Crippen LogP contribution in [0.15, 0.2) is 48.5 Å². The first kappa shape index (κ1) is 19.3. The van der Waals surface area contributed by atoms with Crippen LogP contribution in [0.25, 0.3) is 0 Å². The number of ether oxygens (including phenoxy) is 3. The van der Waals surface area contributed by atoms with Gasteiger partial charge in [0.2, 0.25) is 5.91 Å².